The summed E-state index contributed by atoms with van der Waals surface area (Å²) in [4.78, 5) is 29.3. The monoisotopic (exact) mass is 424 g/mol. The second kappa shape index (κ2) is 11.5. The molecular formula is C24H32N4O3. The van der Waals surface area contributed by atoms with Crippen molar-refractivity contribution in [1.29, 1.82) is 0 Å². The van der Waals surface area contributed by atoms with Gasteiger partial charge in [0.1, 0.15) is 5.75 Å². The van der Waals surface area contributed by atoms with Gasteiger partial charge < -0.3 is 20.3 Å². The molecule has 2 aromatic rings. The van der Waals surface area contributed by atoms with E-state index in [-0.39, 0.29) is 18.4 Å². The van der Waals surface area contributed by atoms with E-state index in [0.29, 0.717) is 17.9 Å². The number of likely N-dealkylation sites (N-methyl/N-ethyl adjacent to an activating group) is 1. The van der Waals surface area contributed by atoms with Crippen LogP contribution < -0.4 is 15.4 Å². The molecule has 2 amide bonds. The van der Waals surface area contributed by atoms with Gasteiger partial charge in [-0.2, -0.15) is 0 Å². The summed E-state index contributed by atoms with van der Waals surface area (Å²) >= 11 is 0. The highest BCUT2D eigenvalue weighted by atomic mass is 16.5. The summed E-state index contributed by atoms with van der Waals surface area (Å²) in [6.07, 6.45) is 0. The van der Waals surface area contributed by atoms with E-state index in [1.165, 1.54) is 5.56 Å². The maximum Gasteiger partial charge on any atom is 0.251 e. The maximum absolute atomic E-state index is 12.2. The fourth-order valence-electron chi connectivity index (χ4n) is 3.55. The zero-order chi connectivity index (χ0) is 22.1. The number of carbonyl (C=O) groups excluding carboxylic acids is 2. The molecule has 2 N–H and O–H groups in total. The molecule has 3 rings (SSSR count). The van der Waals surface area contributed by atoms with Crippen LogP contribution in [-0.4, -0.2) is 67.5 Å². The van der Waals surface area contributed by atoms with Crippen LogP contribution in [0.4, 0.5) is 5.69 Å². The van der Waals surface area contributed by atoms with Gasteiger partial charge in [0.25, 0.3) is 5.91 Å². The predicted octanol–water partition coefficient (Wildman–Crippen LogP) is 2.59. The highest BCUT2D eigenvalue weighted by Gasteiger charge is 2.15. The SMILES string of the molecule is CCOc1ccc(C(=O)NCC(=O)Nc2ccc(CN3CCN(CC)CC3)cc2)cc1. The molecule has 7 heteroatoms. The van der Waals surface area contributed by atoms with E-state index in [0.717, 1.165) is 45.0 Å². The molecule has 0 unspecified atom stereocenters. The van der Waals surface area contributed by atoms with Gasteiger partial charge in [0.05, 0.1) is 13.2 Å². The minimum Gasteiger partial charge on any atom is -0.494 e. The standard InChI is InChI=1S/C24H32N4O3/c1-3-27-13-15-28(16-14-27)18-19-5-9-21(10-6-19)26-23(29)17-25-24(30)20-7-11-22(12-8-20)31-4-2/h5-12H,3-4,13-18H2,1-2H3,(H,25,30)(H,26,29). The molecule has 166 valence electrons. The summed E-state index contributed by atoms with van der Waals surface area (Å²) < 4.78 is 5.36. The Balaban J connectivity index is 1.41. The van der Waals surface area contributed by atoms with Gasteiger partial charge in [-0.05, 0) is 55.4 Å². The van der Waals surface area contributed by atoms with Crippen molar-refractivity contribution >= 4 is 17.5 Å². The average Bonchev–Trinajstić information content (AvgIpc) is 2.80. The Morgan fingerprint density at radius 1 is 0.903 bits per heavy atom. The maximum atomic E-state index is 12.2. The molecule has 0 spiro atoms. The Hall–Kier alpha value is -2.90. The van der Waals surface area contributed by atoms with E-state index in [1.54, 1.807) is 24.3 Å². The van der Waals surface area contributed by atoms with E-state index >= 15 is 0 Å². The minimum absolute atomic E-state index is 0.0878. The van der Waals surface area contributed by atoms with Gasteiger partial charge in [0, 0.05) is 44.0 Å². The lowest BCUT2D eigenvalue weighted by Gasteiger charge is -2.34. The van der Waals surface area contributed by atoms with Crippen LogP contribution in [0.3, 0.4) is 0 Å². The van der Waals surface area contributed by atoms with Crippen molar-refractivity contribution in [3.05, 3.63) is 59.7 Å². The van der Waals surface area contributed by atoms with Crippen LogP contribution in [0.15, 0.2) is 48.5 Å². The average molecular weight is 425 g/mol. The van der Waals surface area contributed by atoms with Gasteiger partial charge in [-0.3, -0.25) is 14.5 Å². The first-order valence-electron chi connectivity index (χ1n) is 10.9. The van der Waals surface area contributed by atoms with Gasteiger partial charge >= 0.3 is 0 Å². The zero-order valence-electron chi connectivity index (χ0n) is 18.4. The molecule has 0 aliphatic carbocycles. The smallest absolute Gasteiger partial charge is 0.251 e. The first kappa shape index (κ1) is 22.8. The number of rotatable bonds is 9. The lowest BCUT2D eigenvalue weighted by atomic mass is 10.1. The Morgan fingerprint density at radius 3 is 2.16 bits per heavy atom. The van der Waals surface area contributed by atoms with E-state index in [2.05, 4.69) is 27.4 Å². The summed E-state index contributed by atoms with van der Waals surface area (Å²) in [6, 6.07) is 14.7. The largest absolute Gasteiger partial charge is 0.494 e. The van der Waals surface area contributed by atoms with Crippen molar-refractivity contribution < 1.29 is 14.3 Å². The van der Waals surface area contributed by atoms with Crippen LogP contribution in [0, 0.1) is 0 Å². The third kappa shape index (κ3) is 7.08. The number of ether oxygens (including phenoxy) is 1. The molecule has 0 bridgehead atoms. The second-order valence-corrected chi connectivity index (χ2v) is 7.60. The number of nitrogens with one attached hydrogen (secondary N) is 2. The third-order valence-electron chi connectivity index (χ3n) is 5.39. The molecule has 1 aliphatic rings. The van der Waals surface area contributed by atoms with Crippen molar-refractivity contribution in [1.82, 2.24) is 15.1 Å². The van der Waals surface area contributed by atoms with Crippen LogP contribution in [0.2, 0.25) is 0 Å². The molecule has 2 aromatic carbocycles. The quantitative estimate of drug-likeness (QED) is 0.647. The molecule has 0 atom stereocenters. The highest BCUT2D eigenvalue weighted by molar-refractivity contribution is 5.99. The number of piperazine rings is 1. The summed E-state index contributed by atoms with van der Waals surface area (Å²) in [5.74, 6) is 0.155. The first-order chi connectivity index (χ1) is 15.1. The van der Waals surface area contributed by atoms with Gasteiger partial charge in [0.2, 0.25) is 5.91 Å². The van der Waals surface area contributed by atoms with E-state index in [1.807, 2.05) is 31.2 Å². The fraction of sp³-hybridized carbons (Fsp3) is 0.417. The number of anilines is 1. The summed E-state index contributed by atoms with van der Waals surface area (Å²) in [5.41, 5.74) is 2.44. The van der Waals surface area contributed by atoms with E-state index in [9.17, 15) is 9.59 Å². The molecule has 31 heavy (non-hydrogen) atoms. The molecule has 0 saturated carbocycles. The molecule has 1 aliphatic heterocycles. The van der Waals surface area contributed by atoms with E-state index < -0.39 is 0 Å². The Morgan fingerprint density at radius 2 is 1.55 bits per heavy atom. The van der Waals surface area contributed by atoms with Crippen LogP contribution in [0.1, 0.15) is 29.8 Å². The predicted molar refractivity (Wildman–Crippen MR) is 122 cm³/mol. The molecule has 1 heterocycles. The number of hydrogen-bond acceptors (Lipinski definition) is 5. The third-order valence-corrected chi connectivity index (χ3v) is 5.39. The van der Waals surface area contributed by atoms with Gasteiger partial charge in [-0.25, -0.2) is 0 Å². The molecular weight excluding hydrogens is 392 g/mol. The topological polar surface area (TPSA) is 73.9 Å². The van der Waals surface area contributed by atoms with Crippen LogP contribution in [0.25, 0.3) is 0 Å². The van der Waals surface area contributed by atoms with Crippen molar-refractivity contribution in [3.8, 4) is 5.75 Å². The first-order valence-corrected chi connectivity index (χ1v) is 10.9. The molecule has 1 fully saturated rings. The van der Waals surface area contributed by atoms with Crippen LogP contribution in [-0.2, 0) is 11.3 Å². The molecule has 0 radical (unpaired) electrons. The minimum atomic E-state index is -0.295. The van der Waals surface area contributed by atoms with Gasteiger partial charge in [-0.1, -0.05) is 19.1 Å². The van der Waals surface area contributed by atoms with Crippen LogP contribution >= 0.6 is 0 Å². The number of amides is 2. The number of carbonyl (C=O) groups is 2. The van der Waals surface area contributed by atoms with Crippen molar-refractivity contribution in [2.24, 2.45) is 0 Å². The normalized spacial score (nSPS) is 14.8. The number of nitrogens with zero attached hydrogens (tertiary/aromatic N) is 2. The molecule has 1 saturated heterocycles. The molecule has 7 nitrogen and oxygen atoms in total. The van der Waals surface area contributed by atoms with Crippen molar-refractivity contribution in [2.45, 2.75) is 20.4 Å². The van der Waals surface area contributed by atoms with Crippen LogP contribution in [0.5, 0.6) is 5.75 Å². The summed E-state index contributed by atoms with van der Waals surface area (Å²) in [6.45, 7) is 11.0. The second-order valence-electron chi connectivity index (χ2n) is 7.60. The number of benzene rings is 2. The Labute approximate surface area is 184 Å². The number of hydrogen-bond donors (Lipinski definition) is 2. The lowest BCUT2D eigenvalue weighted by Crippen LogP contribution is -2.45. The van der Waals surface area contributed by atoms with E-state index in [4.69, 9.17) is 4.74 Å². The van der Waals surface area contributed by atoms with Crippen molar-refractivity contribution in [2.75, 3.05) is 51.2 Å². The van der Waals surface area contributed by atoms with Gasteiger partial charge in [0.15, 0.2) is 0 Å². The zero-order valence-corrected chi connectivity index (χ0v) is 18.4. The Bertz CT molecular complexity index is 844. The lowest BCUT2D eigenvalue weighted by molar-refractivity contribution is -0.115. The molecule has 0 aromatic heterocycles. The summed E-state index contributed by atoms with van der Waals surface area (Å²) in [7, 11) is 0. The Kier molecular flexibility index (Phi) is 8.44. The fourth-order valence-corrected chi connectivity index (χ4v) is 3.55. The van der Waals surface area contributed by atoms with Crippen molar-refractivity contribution in [3.63, 3.8) is 0 Å². The van der Waals surface area contributed by atoms with Gasteiger partial charge in [-0.15, -0.1) is 0 Å². The summed E-state index contributed by atoms with van der Waals surface area (Å²) in [5, 5.41) is 5.47. The highest BCUT2D eigenvalue weighted by Crippen LogP contribution is 2.14.